The van der Waals surface area contributed by atoms with Gasteiger partial charge in [0.25, 0.3) is 0 Å². The van der Waals surface area contributed by atoms with Crippen molar-refractivity contribution in [1.29, 1.82) is 0 Å². The van der Waals surface area contributed by atoms with E-state index in [0.717, 1.165) is 18.1 Å². The Morgan fingerprint density at radius 3 is 2.67 bits per heavy atom. The predicted octanol–water partition coefficient (Wildman–Crippen LogP) is 5.13. The molecule has 0 saturated heterocycles. The van der Waals surface area contributed by atoms with Crippen molar-refractivity contribution in [3.05, 3.63) is 36.0 Å². The van der Waals surface area contributed by atoms with Gasteiger partial charge in [-0.3, -0.25) is 0 Å². The highest BCUT2D eigenvalue weighted by atomic mass is 35.5. The van der Waals surface area contributed by atoms with Crippen LogP contribution in [0.25, 0.3) is 10.8 Å². The first-order valence-electron chi connectivity index (χ1n) is 8.04. The van der Waals surface area contributed by atoms with E-state index in [9.17, 15) is 0 Å². The molecule has 3 heteroatoms. The van der Waals surface area contributed by atoms with Crippen molar-refractivity contribution in [3.63, 3.8) is 0 Å². The molecule has 1 heterocycles. The molecule has 3 rings (SSSR count). The second-order valence-electron chi connectivity index (χ2n) is 5.87. The van der Waals surface area contributed by atoms with Crippen LogP contribution in [-0.2, 0) is 5.88 Å². The average molecular weight is 303 g/mol. The summed E-state index contributed by atoms with van der Waals surface area (Å²) in [4.78, 5) is 7.36. The Hall–Kier alpha value is -1.28. The van der Waals surface area contributed by atoms with Crippen molar-refractivity contribution in [2.45, 2.75) is 50.9 Å². The van der Waals surface area contributed by atoms with Crippen LogP contribution in [0.1, 0.15) is 44.7 Å². The van der Waals surface area contributed by atoms with E-state index in [2.05, 4.69) is 42.2 Å². The fourth-order valence-corrected chi connectivity index (χ4v) is 3.63. The normalized spacial score (nSPS) is 16.3. The van der Waals surface area contributed by atoms with Gasteiger partial charge >= 0.3 is 0 Å². The number of halogens is 1. The minimum atomic E-state index is 0.472. The van der Waals surface area contributed by atoms with Gasteiger partial charge < -0.3 is 4.90 Å². The lowest BCUT2D eigenvalue weighted by molar-refractivity contribution is 0.417. The number of pyridine rings is 1. The van der Waals surface area contributed by atoms with Crippen molar-refractivity contribution in [2.24, 2.45) is 0 Å². The Balaban J connectivity index is 2.07. The number of benzene rings is 1. The highest BCUT2D eigenvalue weighted by molar-refractivity contribution is 6.17. The first-order chi connectivity index (χ1) is 10.3. The van der Waals surface area contributed by atoms with Gasteiger partial charge in [0.15, 0.2) is 0 Å². The summed E-state index contributed by atoms with van der Waals surface area (Å²) in [6.45, 7) is 3.24. The third-order valence-corrected chi connectivity index (χ3v) is 4.81. The molecule has 1 aromatic heterocycles. The van der Waals surface area contributed by atoms with E-state index in [-0.39, 0.29) is 0 Å². The van der Waals surface area contributed by atoms with Gasteiger partial charge in [0.2, 0.25) is 0 Å². The number of alkyl halides is 1. The largest absolute Gasteiger partial charge is 0.353 e. The third-order valence-electron chi connectivity index (χ3n) is 4.54. The smallest absolute Gasteiger partial charge is 0.137 e. The molecule has 0 spiro atoms. The maximum atomic E-state index is 6.05. The van der Waals surface area contributed by atoms with Gasteiger partial charge in [0, 0.05) is 18.0 Å². The molecule has 0 unspecified atom stereocenters. The summed E-state index contributed by atoms with van der Waals surface area (Å²) in [7, 11) is 0. The second-order valence-corrected chi connectivity index (χ2v) is 6.14. The average Bonchev–Trinajstić information content (AvgIpc) is 2.56. The summed E-state index contributed by atoms with van der Waals surface area (Å²) in [5, 5.41) is 2.49. The summed E-state index contributed by atoms with van der Waals surface area (Å²) in [6.07, 6.45) is 6.64. The monoisotopic (exact) mass is 302 g/mol. The molecule has 0 aliphatic heterocycles. The quantitative estimate of drug-likeness (QED) is 0.728. The van der Waals surface area contributed by atoms with Crippen LogP contribution in [0.5, 0.6) is 0 Å². The number of rotatable bonds is 4. The van der Waals surface area contributed by atoms with Crippen LogP contribution in [0.4, 0.5) is 5.82 Å². The SMILES string of the molecule is CCN(c1nc(CCl)cc2ccccc12)C1CCCCC1. The second kappa shape index (κ2) is 6.65. The Kier molecular flexibility index (Phi) is 4.64. The van der Waals surface area contributed by atoms with Crippen molar-refractivity contribution in [2.75, 3.05) is 11.4 Å². The van der Waals surface area contributed by atoms with Crippen molar-refractivity contribution in [1.82, 2.24) is 4.98 Å². The molecule has 0 bridgehead atoms. The number of hydrogen-bond acceptors (Lipinski definition) is 2. The molecule has 1 saturated carbocycles. The molecule has 0 amide bonds. The number of aromatic nitrogens is 1. The van der Waals surface area contributed by atoms with Gasteiger partial charge in [-0.1, -0.05) is 43.5 Å². The lowest BCUT2D eigenvalue weighted by atomic mass is 9.94. The maximum Gasteiger partial charge on any atom is 0.137 e. The lowest BCUT2D eigenvalue weighted by Crippen LogP contribution is -2.37. The van der Waals surface area contributed by atoms with Gasteiger partial charge in [0.05, 0.1) is 11.6 Å². The van der Waals surface area contributed by atoms with E-state index in [4.69, 9.17) is 16.6 Å². The van der Waals surface area contributed by atoms with Crippen molar-refractivity contribution < 1.29 is 0 Å². The molecule has 2 aromatic rings. The molecule has 2 nitrogen and oxygen atoms in total. The molecule has 0 radical (unpaired) electrons. The van der Waals surface area contributed by atoms with E-state index in [1.165, 1.54) is 42.9 Å². The van der Waals surface area contributed by atoms with Crippen LogP contribution in [0.15, 0.2) is 30.3 Å². The maximum absolute atomic E-state index is 6.05. The first-order valence-corrected chi connectivity index (χ1v) is 8.58. The van der Waals surface area contributed by atoms with Gasteiger partial charge in [-0.25, -0.2) is 4.98 Å². The molecular weight excluding hydrogens is 280 g/mol. The van der Waals surface area contributed by atoms with Crippen LogP contribution < -0.4 is 4.90 Å². The lowest BCUT2D eigenvalue weighted by Gasteiger charge is -2.35. The fraction of sp³-hybridized carbons (Fsp3) is 0.500. The van der Waals surface area contributed by atoms with E-state index >= 15 is 0 Å². The molecule has 1 aromatic carbocycles. The van der Waals surface area contributed by atoms with Gasteiger partial charge in [-0.15, -0.1) is 11.6 Å². The van der Waals surface area contributed by atoms with E-state index < -0.39 is 0 Å². The fourth-order valence-electron chi connectivity index (χ4n) is 3.50. The van der Waals surface area contributed by atoms with Crippen LogP contribution in [0, 0.1) is 0 Å². The van der Waals surface area contributed by atoms with Gasteiger partial charge in [-0.05, 0) is 31.2 Å². The highest BCUT2D eigenvalue weighted by Crippen LogP contribution is 2.31. The zero-order valence-electron chi connectivity index (χ0n) is 12.7. The van der Waals surface area contributed by atoms with E-state index in [1.807, 2.05) is 0 Å². The summed E-state index contributed by atoms with van der Waals surface area (Å²) in [6, 6.07) is 11.3. The number of nitrogens with zero attached hydrogens (tertiary/aromatic N) is 2. The van der Waals surface area contributed by atoms with Gasteiger partial charge in [0.1, 0.15) is 5.82 Å². The van der Waals surface area contributed by atoms with Gasteiger partial charge in [-0.2, -0.15) is 0 Å². The van der Waals surface area contributed by atoms with Crippen LogP contribution in [-0.4, -0.2) is 17.6 Å². The molecule has 1 aliphatic carbocycles. The number of fused-ring (bicyclic) bond motifs is 1. The van der Waals surface area contributed by atoms with Crippen LogP contribution in [0.2, 0.25) is 0 Å². The summed E-state index contributed by atoms with van der Waals surface area (Å²) in [5.74, 6) is 1.60. The first kappa shape index (κ1) is 14.6. The molecule has 1 aliphatic rings. The Morgan fingerprint density at radius 1 is 1.19 bits per heavy atom. The molecular formula is C18H23ClN2. The van der Waals surface area contributed by atoms with Crippen LogP contribution >= 0.6 is 11.6 Å². The molecule has 0 atom stereocenters. The zero-order chi connectivity index (χ0) is 14.7. The minimum absolute atomic E-state index is 0.472. The Labute approximate surface area is 132 Å². The van der Waals surface area contributed by atoms with Crippen LogP contribution in [0.3, 0.4) is 0 Å². The summed E-state index contributed by atoms with van der Waals surface area (Å²) in [5.41, 5.74) is 0.972. The number of anilines is 1. The molecule has 21 heavy (non-hydrogen) atoms. The standard InChI is InChI=1S/C18H23ClN2/c1-2-21(16-9-4-3-5-10-16)18-17-11-7-6-8-14(17)12-15(13-19)20-18/h6-8,11-12,16H,2-5,9-10,13H2,1H3. The summed E-state index contributed by atoms with van der Waals surface area (Å²) < 4.78 is 0. The Bertz CT molecular complexity index is 605. The van der Waals surface area contributed by atoms with E-state index in [0.29, 0.717) is 11.9 Å². The molecule has 112 valence electrons. The van der Waals surface area contributed by atoms with E-state index in [1.54, 1.807) is 0 Å². The molecule has 1 fully saturated rings. The third kappa shape index (κ3) is 3.01. The minimum Gasteiger partial charge on any atom is -0.353 e. The summed E-state index contributed by atoms with van der Waals surface area (Å²) >= 11 is 6.05. The Morgan fingerprint density at radius 2 is 1.95 bits per heavy atom. The van der Waals surface area contributed by atoms with Crippen molar-refractivity contribution in [3.8, 4) is 0 Å². The zero-order valence-corrected chi connectivity index (χ0v) is 13.4. The predicted molar refractivity (Wildman–Crippen MR) is 91.2 cm³/mol. The topological polar surface area (TPSA) is 16.1 Å². The number of hydrogen-bond donors (Lipinski definition) is 0. The van der Waals surface area contributed by atoms with Crippen molar-refractivity contribution >= 4 is 28.2 Å². The highest BCUT2D eigenvalue weighted by Gasteiger charge is 2.22. The molecule has 0 N–H and O–H groups in total.